The summed E-state index contributed by atoms with van der Waals surface area (Å²) < 4.78 is 0.740. The van der Waals surface area contributed by atoms with Gasteiger partial charge in [-0.15, -0.1) is 0 Å². The SMILES string of the molecule is CCCC(=O)N1CCN(c2ccc(NC(=S)NC(=O)c3cc(Br)ccc3Cl)cc2Cl)CC1. The minimum atomic E-state index is -0.410. The van der Waals surface area contributed by atoms with E-state index in [0.29, 0.717) is 40.8 Å². The molecule has 1 aliphatic heterocycles. The second kappa shape index (κ2) is 11.3. The van der Waals surface area contributed by atoms with Crippen LogP contribution < -0.4 is 15.5 Å². The van der Waals surface area contributed by atoms with Crippen LogP contribution in [0.2, 0.25) is 10.0 Å². The number of thiocarbonyl (C=S) groups is 1. The van der Waals surface area contributed by atoms with Crippen LogP contribution in [0.4, 0.5) is 11.4 Å². The molecule has 6 nitrogen and oxygen atoms in total. The number of anilines is 2. The van der Waals surface area contributed by atoms with Gasteiger partial charge in [-0.2, -0.15) is 0 Å². The van der Waals surface area contributed by atoms with Crippen LogP contribution in [0.15, 0.2) is 40.9 Å². The maximum atomic E-state index is 12.5. The summed E-state index contributed by atoms with van der Waals surface area (Å²) in [7, 11) is 0. The molecule has 0 bridgehead atoms. The summed E-state index contributed by atoms with van der Waals surface area (Å²) in [5.74, 6) is -0.204. The van der Waals surface area contributed by atoms with Crippen LogP contribution in [0.5, 0.6) is 0 Å². The molecule has 0 unspecified atom stereocenters. The van der Waals surface area contributed by atoms with Crippen LogP contribution in [-0.4, -0.2) is 48.0 Å². The standard InChI is InChI=1S/C22H23BrCl2N4O2S/c1-2-3-20(30)29-10-8-28(9-11-29)19-7-5-15(13-18(19)25)26-22(32)27-21(31)16-12-14(23)4-6-17(16)24/h4-7,12-13H,2-3,8-11H2,1H3,(H2,26,27,31,32). The van der Waals surface area contributed by atoms with E-state index in [1.807, 2.05) is 24.0 Å². The van der Waals surface area contributed by atoms with Gasteiger partial charge in [0.05, 0.1) is 21.3 Å². The summed E-state index contributed by atoms with van der Waals surface area (Å²) in [6.45, 7) is 4.83. The zero-order valence-corrected chi connectivity index (χ0v) is 21.4. The zero-order valence-electron chi connectivity index (χ0n) is 17.5. The Hall–Kier alpha value is -1.87. The Morgan fingerprint density at radius 3 is 2.44 bits per heavy atom. The minimum absolute atomic E-state index is 0.137. The summed E-state index contributed by atoms with van der Waals surface area (Å²) in [4.78, 5) is 28.6. The highest BCUT2D eigenvalue weighted by Gasteiger charge is 2.22. The van der Waals surface area contributed by atoms with Crippen LogP contribution in [0.1, 0.15) is 30.1 Å². The van der Waals surface area contributed by atoms with Crippen molar-refractivity contribution in [2.75, 3.05) is 36.4 Å². The quantitative estimate of drug-likeness (QED) is 0.486. The number of nitrogens with zero attached hydrogens (tertiary/aromatic N) is 2. The lowest BCUT2D eigenvalue weighted by molar-refractivity contribution is -0.131. The lowest BCUT2D eigenvalue weighted by atomic mass is 10.2. The maximum absolute atomic E-state index is 12.5. The number of hydrogen-bond acceptors (Lipinski definition) is 4. The molecule has 0 radical (unpaired) electrons. The smallest absolute Gasteiger partial charge is 0.258 e. The molecule has 0 aliphatic carbocycles. The molecule has 10 heteroatoms. The number of nitrogens with one attached hydrogen (secondary N) is 2. The molecule has 0 atom stereocenters. The molecule has 2 amide bonds. The van der Waals surface area contributed by atoms with E-state index < -0.39 is 5.91 Å². The van der Waals surface area contributed by atoms with Crippen molar-refractivity contribution in [1.29, 1.82) is 0 Å². The van der Waals surface area contributed by atoms with E-state index in [4.69, 9.17) is 35.4 Å². The normalized spacial score (nSPS) is 13.6. The Balaban J connectivity index is 1.58. The number of benzene rings is 2. The molecule has 170 valence electrons. The molecule has 3 rings (SSSR count). The van der Waals surface area contributed by atoms with Crippen molar-refractivity contribution in [2.45, 2.75) is 19.8 Å². The van der Waals surface area contributed by atoms with Crippen molar-refractivity contribution in [3.05, 3.63) is 56.5 Å². The number of halogens is 3. The van der Waals surface area contributed by atoms with Gasteiger partial charge in [0.2, 0.25) is 5.91 Å². The predicted octanol–water partition coefficient (Wildman–Crippen LogP) is 5.33. The van der Waals surface area contributed by atoms with Crippen LogP contribution in [0.3, 0.4) is 0 Å². The Morgan fingerprint density at radius 1 is 1.06 bits per heavy atom. The van der Waals surface area contributed by atoms with E-state index in [1.54, 1.807) is 24.3 Å². The van der Waals surface area contributed by atoms with Gasteiger partial charge in [-0.3, -0.25) is 14.9 Å². The van der Waals surface area contributed by atoms with Crippen LogP contribution in [-0.2, 0) is 4.79 Å². The summed E-state index contributed by atoms with van der Waals surface area (Å²) in [5, 5.41) is 6.62. The van der Waals surface area contributed by atoms with Crippen molar-refractivity contribution in [1.82, 2.24) is 10.2 Å². The van der Waals surface area contributed by atoms with Crippen molar-refractivity contribution in [3.63, 3.8) is 0 Å². The molecule has 1 heterocycles. The van der Waals surface area contributed by atoms with Crippen LogP contribution in [0, 0.1) is 0 Å². The number of piperazine rings is 1. The van der Waals surface area contributed by atoms with Crippen molar-refractivity contribution in [3.8, 4) is 0 Å². The average Bonchev–Trinajstić information content (AvgIpc) is 2.75. The van der Waals surface area contributed by atoms with E-state index in [-0.39, 0.29) is 11.0 Å². The number of carbonyl (C=O) groups excluding carboxylic acids is 2. The highest BCUT2D eigenvalue weighted by Crippen LogP contribution is 2.30. The largest absolute Gasteiger partial charge is 0.367 e. The molecule has 32 heavy (non-hydrogen) atoms. The van der Waals surface area contributed by atoms with Gasteiger partial charge in [-0.05, 0) is 55.0 Å². The summed E-state index contributed by atoms with van der Waals surface area (Å²) >= 11 is 21.2. The predicted molar refractivity (Wildman–Crippen MR) is 138 cm³/mol. The third-order valence-corrected chi connectivity index (χ3v) is 6.37. The fraction of sp³-hybridized carbons (Fsp3) is 0.318. The van der Waals surface area contributed by atoms with E-state index in [1.165, 1.54) is 0 Å². The average molecular weight is 558 g/mol. The first-order chi connectivity index (χ1) is 15.3. The lowest BCUT2D eigenvalue weighted by Crippen LogP contribution is -2.48. The molecule has 2 aromatic carbocycles. The monoisotopic (exact) mass is 556 g/mol. The van der Waals surface area contributed by atoms with Crippen molar-refractivity contribution in [2.24, 2.45) is 0 Å². The van der Waals surface area contributed by atoms with Crippen LogP contribution in [0.25, 0.3) is 0 Å². The van der Waals surface area contributed by atoms with Gasteiger partial charge >= 0.3 is 0 Å². The molecule has 0 aromatic heterocycles. The first kappa shape index (κ1) is 24.8. The maximum Gasteiger partial charge on any atom is 0.258 e. The Bertz CT molecular complexity index is 1030. The molecule has 0 saturated carbocycles. The van der Waals surface area contributed by atoms with Gasteiger partial charge in [0.15, 0.2) is 5.11 Å². The summed E-state index contributed by atoms with van der Waals surface area (Å²) in [6.07, 6.45) is 1.45. The number of rotatable bonds is 5. The Morgan fingerprint density at radius 2 is 1.78 bits per heavy atom. The van der Waals surface area contributed by atoms with E-state index in [9.17, 15) is 9.59 Å². The molecule has 2 N–H and O–H groups in total. The number of amides is 2. The fourth-order valence-corrected chi connectivity index (χ4v) is 4.49. The lowest BCUT2D eigenvalue weighted by Gasteiger charge is -2.36. The summed E-state index contributed by atoms with van der Waals surface area (Å²) in [5.41, 5.74) is 1.87. The van der Waals surface area contributed by atoms with Gasteiger partial charge < -0.3 is 15.1 Å². The Kier molecular flexibility index (Phi) is 8.76. The van der Waals surface area contributed by atoms with E-state index in [0.717, 1.165) is 29.7 Å². The van der Waals surface area contributed by atoms with Crippen LogP contribution >= 0.6 is 51.3 Å². The summed E-state index contributed by atoms with van der Waals surface area (Å²) in [6, 6.07) is 10.5. The number of carbonyl (C=O) groups is 2. The van der Waals surface area contributed by atoms with Crippen molar-refractivity contribution >= 4 is 79.7 Å². The minimum Gasteiger partial charge on any atom is -0.367 e. The van der Waals surface area contributed by atoms with E-state index >= 15 is 0 Å². The van der Waals surface area contributed by atoms with Crippen molar-refractivity contribution < 1.29 is 9.59 Å². The Labute approximate surface area is 211 Å². The molecule has 1 aliphatic rings. The highest BCUT2D eigenvalue weighted by molar-refractivity contribution is 9.10. The first-order valence-electron chi connectivity index (χ1n) is 10.2. The third kappa shape index (κ3) is 6.34. The third-order valence-electron chi connectivity index (χ3n) is 5.04. The molecule has 0 spiro atoms. The fourth-order valence-electron chi connectivity index (χ4n) is 3.41. The van der Waals surface area contributed by atoms with Gasteiger partial charge in [-0.1, -0.05) is 46.1 Å². The van der Waals surface area contributed by atoms with Gasteiger partial charge in [0, 0.05) is 42.8 Å². The second-order valence-corrected chi connectivity index (χ2v) is 9.45. The number of hydrogen-bond donors (Lipinski definition) is 2. The van der Waals surface area contributed by atoms with Gasteiger partial charge in [0.25, 0.3) is 5.91 Å². The molecule has 2 aromatic rings. The molecular formula is C22H23BrCl2N4O2S. The first-order valence-corrected chi connectivity index (χ1v) is 12.1. The topological polar surface area (TPSA) is 64.7 Å². The van der Waals surface area contributed by atoms with Gasteiger partial charge in [-0.25, -0.2) is 0 Å². The van der Waals surface area contributed by atoms with Gasteiger partial charge in [0.1, 0.15) is 0 Å². The molecular weight excluding hydrogens is 535 g/mol. The van der Waals surface area contributed by atoms with E-state index in [2.05, 4.69) is 31.5 Å². The highest BCUT2D eigenvalue weighted by atomic mass is 79.9. The second-order valence-electron chi connectivity index (χ2n) is 7.32. The molecule has 1 fully saturated rings. The molecule has 1 saturated heterocycles. The zero-order chi connectivity index (χ0) is 23.3.